The minimum atomic E-state index is -3.75. The largest absolute Gasteiger partial charge is 0.450 e. The van der Waals surface area contributed by atoms with Crippen LogP contribution >= 0.6 is 15.9 Å². The second-order valence-corrected chi connectivity index (χ2v) is 6.45. The van der Waals surface area contributed by atoms with E-state index in [1.54, 1.807) is 0 Å². The molecule has 98 valence electrons. The number of hydrogen-bond donors (Lipinski definition) is 2. The lowest BCUT2D eigenvalue weighted by atomic mass is 10.1. The summed E-state index contributed by atoms with van der Waals surface area (Å²) in [7, 11) is -3.75. The lowest BCUT2D eigenvalue weighted by Crippen LogP contribution is -2.13. The number of aromatic nitrogens is 2. The first-order valence-electron chi connectivity index (χ1n) is 5.21. The second-order valence-electron chi connectivity index (χ2n) is 4.01. The van der Waals surface area contributed by atoms with Gasteiger partial charge in [-0.15, -0.1) is 0 Å². The van der Waals surface area contributed by atoms with Gasteiger partial charge in [-0.1, -0.05) is 13.8 Å². The molecular weight excluding hydrogens is 322 g/mol. The van der Waals surface area contributed by atoms with Crippen LogP contribution < -0.4 is 4.72 Å². The Kier molecular flexibility index (Phi) is 3.49. The molecule has 8 heteroatoms. The molecule has 2 rings (SSSR count). The monoisotopic (exact) mass is 333 g/mol. The van der Waals surface area contributed by atoms with E-state index in [4.69, 9.17) is 4.42 Å². The zero-order valence-corrected chi connectivity index (χ0v) is 12.2. The van der Waals surface area contributed by atoms with Gasteiger partial charge in [-0.2, -0.15) is 13.5 Å². The fraction of sp³-hybridized carbons (Fsp3) is 0.300. The molecule has 6 nitrogen and oxygen atoms in total. The maximum absolute atomic E-state index is 12.1. The van der Waals surface area contributed by atoms with Gasteiger partial charge in [0.2, 0.25) is 0 Å². The molecule has 2 N–H and O–H groups in total. The van der Waals surface area contributed by atoms with Crippen molar-refractivity contribution in [3.63, 3.8) is 0 Å². The Balaban J connectivity index is 2.34. The van der Waals surface area contributed by atoms with Gasteiger partial charge in [-0.25, -0.2) is 0 Å². The van der Waals surface area contributed by atoms with Crippen LogP contribution in [-0.2, 0) is 10.0 Å². The molecule has 2 heterocycles. The van der Waals surface area contributed by atoms with E-state index in [1.807, 2.05) is 13.8 Å². The van der Waals surface area contributed by atoms with Crippen molar-refractivity contribution in [3.8, 4) is 0 Å². The molecule has 0 saturated heterocycles. The minimum absolute atomic E-state index is 0.130. The highest BCUT2D eigenvalue weighted by molar-refractivity contribution is 9.10. The molecule has 0 fully saturated rings. The molecule has 0 aliphatic heterocycles. The number of H-pyrrole nitrogens is 1. The van der Waals surface area contributed by atoms with Crippen molar-refractivity contribution < 1.29 is 12.8 Å². The van der Waals surface area contributed by atoms with Gasteiger partial charge in [0.25, 0.3) is 15.1 Å². The summed E-state index contributed by atoms with van der Waals surface area (Å²) in [4.78, 5) is 0. The zero-order valence-electron chi connectivity index (χ0n) is 9.77. The van der Waals surface area contributed by atoms with Gasteiger partial charge in [-0.3, -0.25) is 9.82 Å². The maximum Gasteiger partial charge on any atom is 0.296 e. The van der Waals surface area contributed by atoms with Gasteiger partial charge in [0, 0.05) is 0 Å². The highest BCUT2D eigenvalue weighted by Crippen LogP contribution is 2.27. The van der Waals surface area contributed by atoms with E-state index < -0.39 is 10.0 Å². The highest BCUT2D eigenvalue weighted by Gasteiger charge is 2.23. The van der Waals surface area contributed by atoms with Gasteiger partial charge < -0.3 is 4.42 Å². The topological polar surface area (TPSA) is 88.0 Å². The number of nitrogens with zero attached hydrogens (tertiary/aromatic N) is 1. The molecule has 0 spiro atoms. The molecule has 2 aromatic heterocycles. The van der Waals surface area contributed by atoms with E-state index >= 15 is 0 Å². The van der Waals surface area contributed by atoms with Crippen LogP contribution in [0.25, 0.3) is 0 Å². The molecule has 0 atom stereocenters. The average molecular weight is 334 g/mol. The third-order valence-electron chi connectivity index (χ3n) is 2.32. The Labute approximate surface area is 113 Å². The third-order valence-corrected chi connectivity index (χ3v) is 4.50. The van der Waals surface area contributed by atoms with Crippen LogP contribution in [0.3, 0.4) is 0 Å². The molecule has 0 saturated carbocycles. The predicted molar refractivity (Wildman–Crippen MR) is 69.9 cm³/mol. The summed E-state index contributed by atoms with van der Waals surface area (Å²) in [5.74, 6) is 0.130. The van der Waals surface area contributed by atoms with Crippen LogP contribution in [0.4, 0.5) is 5.69 Å². The fourth-order valence-corrected chi connectivity index (χ4v) is 3.37. The molecule has 0 aliphatic rings. The fourth-order valence-electron chi connectivity index (χ4n) is 1.48. The molecule has 0 amide bonds. The van der Waals surface area contributed by atoms with Crippen molar-refractivity contribution in [1.29, 1.82) is 0 Å². The van der Waals surface area contributed by atoms with Crippen molar-refractivity contribution in [2.24, 2.45) is 0 Å². The van der Waals surface area contributed by atoms with Gasteiger partial charge in [-0.05, 0) is 27.9 Å². The number of anilines is 1. The SMILES string of the molecule is CC(C)c1[nH]ncc1NS(=O)(=O)c1occc1Br. The van der Waals surface area contributed by atoms with Crippen LogP contribution in [0, 0.1) is 0 Å². The van der Waals surface area contributed by atoms with Crippen LogP contribution in [0.15, 0.2) is 32.5 Å². The quantitative estimate of drug-likeness (QED) is 0.900. The number of aromatic amines is 1. The molecule has 0 aliphatic carbocycles. The van der Waals surface area contributed by atoms with Crippen molar-refractivity contribution in [2.45, 2.75) is 24.9 Å². The Hall–Kier alpha value is -1.28. The lowest BCUT2D eigenvalue weighted by molar-refractivity contribution is 0.449. The number of nitrogens with one attached hydrogen (secondary N) is 2. The molecule has 2 aromatic rings. The minimum Gasteiger partial charge on any atom is -0.450 e. The van der Waals surface area contributed by atoms with E-state index in [0.29, 0.717) is 10.2 Å². The Morgan fingerprint density at radius 3 is 2.78 bits per heavy atom. The van der Waals surface area contributed by atoms with Crippen molar-refractivity contribution in [1.82, 2.24) is 10.2 Å². The van der Waals surface area contributed by atoms with Crippen molar-refractivity contribution in [3.05, 3.63) is 28.7 Å². The number of halogens is 1. The number of furan rings is 1. The van der Waals surface area contributed by atoms with Gasteiger partial charge in [0.05, 0.1) is 28.3 Å². The van der Waals surface area contributed by atoms with Crippen LogP contribution in [0.1, 0.15) is 25.5 Å². The molecule has 18 heavy (non-hydrogen) atoms. The van der Waals surface area contributed by atoms with Crippen LogP contribution in [-0.4, -0.2) is 18.6 Å². The zero-order chi connectivity index (χ0) is 13.3. The smallest absolute Gasteiger partial charge is 0.296 e. The molecular formula is C10H12BrN3O3S. The van der Waals surface area contributed by atoms with Gasteiger partial charge in [0.15, 0.2) is 0 Å². The Morgan fingerprint density at radius 2 is 2.22 bits per heavy atom. The third kappa shape index (κ3) is 2.44. The second kappa shape index (κ2) is 4.77. The summed E-state index contributed by atoms with van der Waals surface area (Å²) in [6.07, 6.45) is 2.74. The first-order chi connectivity index (χ1) is 8.42. The van der Waals surface area contributed by atoms with E-state index in [1.165, 1.54) is 18.5 Å². The number of hydrogen-bond acceptors (Lipinski definition) is 4. The average Bonchev–Trinajstić information content (AvgIpc) is 2.86. The Morgan fingerprint density at radius 1 is 1.50 bits per heavy atom. The molecule has 0 radical (unpaired) electrons. The predicted octanol–water partition coefficient (Wildman–Crippen LogP) is 2.69. The Bertz CT molecular complexity index is 645. The van der Waals surface area contributed by atoms with Gasteiger partial charge >= 0.3 is 0 Å². The van der Waals surface area contributed by atoms with Crippen LogP contribution in [0.5, 0.6) is 0 Å². The molecule has 0 bridgehead atoms. The number of rotatable bonds is 4. The van der Waals surface area contributed by atoms with E-state index in [0.717, 1.165) is 5.69 Å². The summed E-state index contributed by atoms with van der Waals surface area (Å²) >= 11 is 3.12. The summed E-state index contributed by atoms with van der Waals surface area (Å²) in [5, 5.41) is 6.45. The molecule has 0 unspecified atom stereocenters. The standard InChI is InChI=1S/C10H12BrN3O3S/c1-6(2)9-8(5-12-13-9)14-18(15,16)10-7(11)3-4-17-10/h3-6,14H,1-2H3,(H,12,13). The summed E-state index contributed by atoms with van der Waals surface area (Å²) in [6, 6.07) is 1.52. The van der Waals surface area contributed by atoms with Crippen molar-refractivity contribution in [2.75, 3.05) is 4.72 Å². The first kappa shape index (κ1) is 13.2. The summed E-state index contributed by atoms with van der Waals surface area (Å²) in [5.41, 5.74) is 1.15. The van der Waals surface area contributed by atoms with E-state index in [2.05, 4.69) is 30.8 Å². The first-order valence-corrected chi connectivity index (χ1v) is 7.48. The maximum atomic E-state index is 12.1. The molecule has 0 aromatic carbocycles. The summed E-state index contributed by atoms with van der Waals surface area (Å²) < 4.78 is 31.9. The normalized spacial score (nSPS) is 12.0. The van der Waals surface area contributed by atoms with Gasteiger partial charge in [0.1, 0.15) is 0 Å². The summed E-state index contributed by atoms with van der Waals surface area (Å²) in [6.45, 7) is 3.88. The van der Waals surface area contributed by atoms with Crippen LogP contribution in [0.2, 0.25) is 0 Å². The van der Waals surface area contributed by atoms with E-state index in [-0.39, 0.29) is 11.0 Å². The number of sulfonamides is 1. The lowest BCUT2D eigenvalue weighted by Gasteiger charge is -2.08. The van der Waals surface area contributed by atoms with Crippen molar-refractivity contribution >= 4 is 31.6 Å². The highest BCUT2D eigenvalue weighted by atomic mass is 79.9. The van der Waals surface area contributed by atoms with E-state index in [9.17, 15) is 8.42 Å².